The first-order valence-electron chi connectivity index (χ1n) is 6.54. The van der Waals surface area contributed by atoms with Crippen LogP contribution >= 0.6 is 11.3 Å². The molecule has 8 heteroatoms. The van der Waals surface area contributed by atoms with E-state index in [2.05, 4.69) is 10.4 Å². The third-order valence-electron chi connectivity index (χ3n) is 3.38. The van der Waals surface area contributed by atoms with Crippen molar-refractivity contribution in [2.24, 2.45) is 7.05 Å². The van der Waals surface area contributed by atoms with Gasteiger partial charge in [-0.05, 0) is 6.92 Å². The number of nitrogens with zero attached hydrogens (tertiary/aromatic N) is 3. The summed E-state index contributed by atoms with van der Waals surface area (Å²) < 4.78 is 1.73. The van der Waals surface area contributed by atoms with Gasteiger partial charge in [-0.25, -0.2) is 0 Å². The summed E-state index contributed by atoms with van der Waals surface area (Å²) in [5.41, 5.74) is 7.39. The smallest absolute Gasteiger partial charge is 0.265 e. The molecule has 3 N–H and O–H groups in total. The standard InChI is InChI=1S/C13H19N5O2S/c1-7-9-10(14)11(21-13(9)18(4)16-7)12(20)17(3)6-5-8(19)15-2/h5-6,14H2,1-4H3,(H,15,19). The van der Waals surface area contributed by atoms with Crippen molar-refractivity contribution in [3.63, 3.8) is 0 Å². The van der Waals surface area contributed by atoms with E-state index in [9.17, 15) is 9.59 Å². The Morgan fingerprint density at radius 3 is 2.71 bits per heavy atom. The highest BCUT2D eigenvalue weighted by atomic mass is 32.1. The second-order valence-corrected chi connectivity index (χ2v) is 5.88. The number of amides is 2. The van der Waals surface area contributed by atoms with Crippen LogP contribution in [0.5, 0.6) is 0 Å². The molecule has 0 aliphatic rings. The summed E-state index contributed by atoms with van der Waals surface area (Å²) in [6.45, 7) is 2.22. The lowest BCUT2D eigenvalue weighted by Gasteiger charge is -2.16. The first kappa shape index (κ1) is 15.3. The zero-order chi connectivity index (χ0) is 15.7. The molecule has 2 amide bonds. The average molecular weight is 309 g/mol. The van der Waals surface area contributed by atoms with Crippen molar-refractivity contribution in [3.8, 4) is 0 Å². The van der Waals surface area contributed by atoms with E-state index in [1.165, 1.54) is 16.2 Å². The Bertz CT molecular complexity index is 703. The SMILES string of the molecule is CNC(=O)CCN(C)C(=O)c1sc2c(c(C)nn2C)c1N. The lowest BCUT2D eigenvalue weighted by atomic mass is 10.2. The molecule has 2 aromatic rings. The van der Waals surface area contributed by atoms with E-state index in [-0.39, 0.29) is 18.2 Å². The fourth-order valence-corrected chi connectivity index (χ4v) is 3.34. The number of hydrogen-bond acceptors (Lipinski definition) is 5. The van der Waals surface area contributed by atoms with Crippen molar-refractivity contribution in [2.75, 3.05) is 26.4 Å². The molecule has 21 heavy (non-hydrogen) atoms. The Labute approximate surface area is 126 Å². The number of aryl methyl sites for hydroxylation is 2. The van der Waals surface area contributed by atoms with Crippen LogP contribution in [0, 0.1) is 6.92 Å². The molecule has 0 saturated heterocycles. The molecular formula is C13H19N5O2S. The van der Waals surface area contributed by atoms with Crippen LogP contribution in [0.25, 0.3) is 10.2 Å². The summed E-state index contributed by atoms with van der Waals surface area (Å²) >= 11 is 1.33. The maximum Gasteiger partial charge on any atom is 0.265 e. The number of hydrogen-bond donors (Lipinski definition) is 2. The average Bonchev–Trinajstić information content (AvgIpc) is 2.94. The van der Waals surface area contributed by atoms with Crippen molar-refractivity contribution in [1.29, 1.82) is 0 Å². The molecule has 0 fully saturated rings. The number of rotatable bonds is 4. The molecule has 0 aliphatic carbocycles. The molecule has 0 radical (unpaired) electrons. The van der Waals surface area contributed by atoms with E-state index >= 15 is 0 Å². The van der Waals surface area contributed by atoms with Crippen LogP contribution in [0.15, 0.2) is 0 Å². The molecule has 0 aromatic carbocycles. The number of aromatic nitrogens is 2. The molecule has 0 spiro atoms. The van der Waals surface area contributed by atoms with Gasteiger partial charge in [0.25, 0.3) is 5.91 Å². The van der Waals surface area contributed by atoms with E-state index in [0.29, 0.717) is 17.1 Å². The lowest BCUT2D eigenvalue weighted by molar-refractivity contribution is -0.120. The van der Waals surface area contributed by atoms with E-state index in [1.807, 2.05) is 14.0 Å². The molecule has 2 rings (SSSR count). The molecule has 0 atom stereocenters. The molecule has 2 heterocycles. The van der Waals surface area contributed by atoms with Crippen LogP contribution in [-0.2, 0) is 11.8 Å². The number of fused-ring (bicyclic) bond motifs is 1. The normalized spacial score (nSPS) is 10.9. The van der Waals surface area contributed by atoms with E-state index in [4.69, 9.17) is 5.73 Å². The van der Waals surface area contributed by atoms with Crippen LogP contribution in [0.2, 0.25) is 0 Å². The largest absolute Gasteiger partial charge is 0.397 e. The summed E-state index contributed by atoms with van der Waals surface area (Å²) in [6.07, 6.45) is 0.268. The van der Waals surface area contributed by atoms with E-state index < -0.39 is 0 Å². The van der Waals surface area contributed by atoms with Crippen LogP contribution in [0.4, 0.5) is 5.69 Å². The molecule has 0 unspecified atom stereocenters. The summed E-state index contributed by atoms with van der Waals surface area (Å²) in [5.74, 6) is -0.268. The number of thiophene rings is 1. The highest BCUT2D eigenvalue weighted by Crippen LogP contribution is 2.35. The van der Waals surface area contributed by atoms with Gasteiger partial charge in [-0.15, -0.1) is 11.3 Å². The topological polar surface area (TPSA) is 93.2 Å². The number of nitrogens with one attached hydrogen (secondary N) is 1. The number of nitrogen functional groups attached to an aromatic ring is 1. The predicted molar refractivity (Wildman–Crippen MR) is 83.4 cm³/mol. The Kier molecular flexibility index (Phi) is 4.17. The zero-order valence-electron chi connectivity index (χ0n) is 12.6. The number of carbonyl (C=O) groups is 2. The van der Waals surface area contributed by atoms with E-state index in [1.54, 1.807) is 18.8 Å². The zero-order valence-corrected chi connectivity index (χ0v) is 13.4. The maximum absolute atomic E-state index is 12.5. The number of carbonyl (C=O) groups excluding carboxylic acids is 2. The molecule has 0 aliphatic heterocycles. The van der Waals surface area contributed by atoms with Gasteiger partial charge in [-0.3, -0.25) is 14.3 Å². The van der Waals surface area contributed by atoms with Gasteiger partial charge in [0.15, 0.2) is 0 Å². The van der Waals surface area contributed by atoms with Gasteiger partial charge in [0.1, 0.15) is 9.71 Å². The second kappa shape index (κ2) is 5.72. The van der Waals surface area contributed by atoms with Crippen molar-refractivity contribution in [1.82, 2.24) is 20.0 Å². The van der Waals surface area contributed by atoms with Crippen molar-refractivity contribution in [2.45, 2.75) is 13.3 Å². The fourth-order valence-electron chi connectivity index (χ4n) is 2.16. The molecule has 7 nitrogen and oxygen atoms in total. The fraction of sp³-hybridized carbons (Fsp3) is 0.462. The van der Waals surface area contributed by atoms with Crippen molar-refractivity contribution in [3.05, 3.63) is 10.6 Å². The number of anilines is 1. The summed E-state index contributed by atoms with van der Waals surface area (Å²) in [4.78, 5) is 26.6. The van der Waals surface area contributed by atoms with Crippen LogP contribution in [0.3, 0.4) is 0 Å². The number of nitrogens with two attached hydrogens (primary N) is 1. The molecule has 0 bridgehead atoms. The Morgan fingerprint density at radius 1 is 1.48 bits per heavy atom. The highest BCUT2D eigenvalue weighted by molar-refractivity contribution is 7.21. The van der Waals surface area contributed by atoms with Gasteiger partial charge < -0.3 is 16.0 Å². The summed E-state index contributed by atoms with van der Waals surface area (Å²) in [6, 6.07) is 0. The Morgan fingerprint density at radius 2 is 2.14 bits per heavy atom. The summed E-state index contributed by atoms with van der Waals surface area (Å²) in [5, 5.41) is 7.67. The van der Waals surface area contributed by atoms with Crippen LogP contribution < -0.4 is 11.1 Å². The van der Waals surface area contributed by atoms with E-state index in [0.717, 1.165) is 15.9 Å². The minimum absolute atomic E-state index is 0.0981. The predicted octanol–water partition coefficient (Wildman–Crippen LogP) is 0.734. The van der Waals surface area contributed by atoms with Crippen LogP contribution in [0.1, 0.15) is 21.8 Å². The third-order valence-corrected chi connectivity index (χ3v) is 4.64. The molecule has 2 aromatic heterocycles. The lowest BCUT2D eigenvalue weighted by Crippen LogP contribution is -2.31. The van der Waals surface area contributed by atoms with Gasteiger partial charge in [0, 0.05) is 34.1 Å². The van der Waals surface area contributed by atoms with Crippen molar-refractivity contribution < 1.29 is 9.59 Å². The highest BCUT2D eigenvalue weighted by Gasteiger charge is 2.23. The third kappa shape index (κ3) is 2.71. The van der Waals surface area contributed by atoms with Gasteiger partial charge >= 0.3 is 0 Å². The maximum atomic E-state index is 12.5. The minimum atomic E-state index is -0.169. The molecular weight excluding hydrogens is 290 g/mol. The van der Waals surface area contributed by atoms with Gasteiger partial charge in [-0.1, -0.05) is 0 Å². The summed E-state index contributed by atoms with van der Waals surface area (Å²) in [7, 11) is 5.07. The minimum Gasteiger partial charge on any atom is -0.397 e. The van der Waals surface area contributed by atoms with Crippen LogP contribution in [-0.4, -0.2) is 47.1 Å². The Hall–Kier alpha value is -2.09. The van der Waals surface area contributed by atoms with Crippen molar-refractivity contribution >= 4 is 39.1 Å². The quantitative estimate of drug-likeness (QED) is 0.871. The molecule has 0 saturated carbocycles. The Balaban J connectivity index is 2.25. The van der Waals surface area contributed by atoms with Gasteiger partial charge in [-0.2, -0.15) is 5.10 Å². The van der Waals surface area contributed by atoms with Gasteiger partial charge in [0.2, 0.25) is 5.91 Å². The monoisotopic (exact) mass is 309 g/mol. The first-order chi connectivity index (χ1) is 9.86. The molecule has 114 valence electrons. The first-order valence-corrected chi connectivity index (χ1v) is 7.36. The van der Waals surface area contributed by atoms with Gasteiger partial charge in [0.05, 0.1) is 16.8 Å². The second-order valence-electron chi connectivity index (χ2n) is 4.88.